The number of aryl methyl sites for hydroxylation is 2. The zero-order valence-electron chi connectivity index (χ0n) is 67.8. The average Bonchev–Trinajstić information content (AvgIpc) is 1.32. The predicted molar refractivity (Wildman–Crippen MR) is 434 cm³/mol. The van der Waals surface area contributed by atoms with E-state index in [4.69, 9.17) is 31.4 Å². The van der Waals surface area contributed by atoms with Crippen molar-refractivity contribution in [2.24, 2.45) is 0 Å². The quantitative estimate of drug-likeness (QED) is 0.155. The smallest absolute Gasteiger partial charge is 0.0540 e. The van der Waals surface area contributed by atoms with Gasteiger partial charge >= 0.3 is 0 Å². The molecule has 0 amide bonds. The molecule has 0 aliphatic heterocycles. The SMILES string of the molecule is CC(C)(C)c1ccc(Nc2ccc3c(c2)-c2ccccc2C3(C)C)c(-c2ccc3c(c2)C(C)(C)CCC3(C)C)c1.[2H]C([2H])([2H])Cc1cc(Cl)cc(Br)c1.[2H]C([2H])([2H])Cc1cc(Cl)cc(N(c2ccc3c(c2)-c2ccccc2C3(C)C)c2ccc(C(C)(C)C)cc2-c2ccc3c(c2)C(C)(C)CCC3(C)C)c1. The zero-order valence-corrected chi connectivity index (χ0v) is 64.9. The van der Waals surface area contributed by atoms with Crippen molar-refractivity contribution in [3.63, 3.8) is 0 Å². The van der Waals surface area contributed by atoms with E-state index in [1.165, 1.54) is 107 Å². The number of anilines is 5. The lowest BCUT2D eigenvalue weighted by atomic mass is 9.63. The summed E-state index contributed by atoms with van der Waals surface area (Å²) in [5.74, 6) is 0. The van der Waals surface area contributed by atoms with Crippen LogP contribution in [0.15, 0.2) is 199 Å². The summed E-state index contributed by atoms with van der Waals surface area (Å²) in [6.07, 6.45) is 4.74. The number of hydrogen-bond acceptors (Lipinski definition) is 2. The van der Waals surface area contributed by atoms with E-state index in [1.54, 1.807) is 24.3 Å². The highest BCUT2D eigenvalue weighted by Gasteiger charge is 2.41. The minimum absolute atomic E-state index is 0.0215. The molecule has 2 nitrogen and oxygen atoms in total. The molecule has 0 aromatic heterocycles. The molecule has 0 atom stereocenters. The Morgan fingerprint density at radius 3 is 1.36 bits per heavy atom. The van der Waals surface area contributed by atoms with Crippen LogP contribution in [0, 0.1) is 0 Å². The first-order valence-corrected chi connectivity index (χ1v) is 37.2. The van der Waals surface area contributed by atoms with Gasteiger partial charge in [-0.15, -0.1) is 0 Å². The third kappa shape index (κ3) is 13.9. The molecule has 0 unspecified atom stereocenters. The number of nitrogens with one attached hydrogen (secondary N) is 1. The Labute approximate surface area is 622 Å². The van der Waals surface area contributed by atoms with E-state index in [1.807, 2.05) is 12.1 Å². The summed E-state index contributed by atoms with van der Waals surface area (Å²) in [5.41, 5.74) is 31.0. The maximum Gasteiger partial charge on any atom is 0.0540 e. The second-order valence-electron chi connectivity index (χ2n) is 34.3. The highest BCUT2D eigenvalue weighted by atomic mass is 79.9. The molecule has 5 heteroatoms. The van der Waals surface area contributed by atoms with Crippen LogP contribution in [0.2, 0.25) is 10.0 Å². The van der Waals surface area contributed by atoms with E-state index < -0.39 is 13.7 Å². The van der Waals surface area contributed by atoms with Gasteiger partial charge in [0.15, 0.2) is 0 Å². The summed E-state index contributed by atoms with van der Waals surface area (Å²) < 4.78 is 46.3. The van der Waals surface area contributed by atoms with Crippen molar-refractivity contribution >= 4 is 67.6 Å². The summed E-state index contributed by atoms with van der Waals surface area (Å²) in [4.78, 5) is 2.29. The number of nitrogens with zero attached hydrogens (tertiary/aromatic N) is 1. The Morgan fingerprint density at radius 2 is 0.838 bits per heavy atom. The predicted octanol–water partition coefficient (Wildman–Crippen LogP) is 28.7. The van der Waals surface area contributed by atoms with Crippen molar-refractivity contribution in [3.8, 4) is 44.5 Å². The standard InChI is InChI=1S/C47H52ClN.C39H45N.C8H8BrCl/c1-11-30-24-33(48)28-35(25-30)49(34-18-20-40-38(29-34)36-14-12-13-15-39(36)47(40,9)10)43-21-17-32(44(2,3)4)27-37(43)31-16-19-41-42(26-31)46(7,8)23-22-45(41,5)6;1-36(2,3)26-15-19-35(29(23-26)25-14-17-33-34(22-25)38(6,7)21-20-37(33,4)5)40-27-16-18-32-30(24-27)28-12-10-11-13-31(28)39(32,8)9;1-2-6-3-7(9)5-8(10)4-6/h12-21,24-29H,11,22-23H2,1-10H3;10-19,22-24,40H,20-21H2,1-9H3;3-5H,2H2,1H3/i1D3;;1D3. The Morgan fingerprint density at radius 1 is 0.394 bits per heavy atom. The molecule has 0 fully saturated rings. The Bertz CT molecular complexity index is 4970. The van der Waals surface area contributed by atoms with Gasteiger partial charge in [-0.1, -0.05) is 287 Å². The molecule has 1 N–H and O–H groups in total. The minimum Gasteiger partial charge on any atom is -0.355 e. The number of rotatable bonds is 9. The highest BCUT2D eigenvalue weighted by molar-refractivity contribution is 9.10. The van der Waals surface area contributed by atoms with Gasteiger partial charge in [0.1, 0.15) is 0 Å². The molecule has 0 bridgehead atoms. The second-order valence-corrected chi connectivity index (χ2v) is 36.1. The molecule has 10 aromatic rings. The van der Waals surface area contributed by atoms with Crippen molar-refractivity contribution < 1.29 is 8.22 Å². The molecule has 4 aliphatic carbocycles. The second kappa shape index (κ2) is 26.4. The number of benzene rings is 10. The van der Waals surface area contributed by atoms with Gasteiger partial charge in [-0.2, -0.15) is 0 Å². The van der Waals surface area contributed by atoms with Crippen molar-refractivity contribution in [1.29, 1.82) is 0 Å². The highest BCUT2D eigenvalue weighted by Crippen LogP contribution is 2.55. The first kappa shape index (κ1) is 64.0. The topological polar surface area (TPSA) is 15.3 Å². The first-order valence-electron chi connectivity index (χ1n) is 38.6. The number of hydrogen-bond donors (Lipinski definition) is 1. The van der Waals surface area contributed by atoms with Crippen molar-refractivity contribution in [2.75, 3.05) is 10.2 Å². The van der Waals surface area contributed by atoms with Crippen LogP contribution in [0.3, 0.4) is 0 Å². The van der Waals surface area contributed by atoms with Gasteiger partial charge in [-0.05, 0) is 256 Å². The molecule has 0 radical (unpaired) electrons. The van der Waals surface area contributed by atoms with E-state index in [0.29, 0.717) is 15.6 Å². The van der Waals surface area contributed by atoms with Crippen molar-refractivity contribution in [1.82, 2.24) is 0 Å². The zero-order chi connectivity index (χ0) is 76.3. The van der Waals surface area contributed by atoms with E-state index >= 15 is 0 Å². The summed E-state index contributed by atoms with van der Waals surface area (Å²) in [5, 5.41) is 4.92. The Kier molecular flexibility index (Phi) is 17.0. The van der Waals surface area contributed by atoms with Gasteiger partial charge in [0.25, 0.3) is 0 Å². The van der Waals surface area contributed by atoms with Crippen LogP contribution < -0.4 is 10.2 Å². The number of halogens is 3. The molecular formula is C94H105BrCl2N2. The third-order valence-electron chi connectivity index (χ3n) is 22.5. The van der Waals surface area contributed by atoms with E-state index in [-0.39, 0.29) is 56.2 Å². The van der Waals surface area contributed by atoms with Crippen LogP contribution in [-0.2, 0) is 56.2 Å². The van der Waals surface area contributed by atoms with E-state index in [2.05, 4.69) is 308 Å². The van der Waals surface area contributed by atoms with Crippen LogP contribution in [-0.4, -0.2) is 0 Å². The third-order valence-corrected chi connectivity index (χ3v) is 23.4. The maximum atomic E-state index is 8.08. The maximum absolute atomic E-state index is 8.08. The molecule has 99 heavy (non-hydrogen) atoms. The Balaban J connectivity index is 0.000000172. The lowest BCUT2D eigenvalue weighted by Gasteiger charge is -2.42. The molecule has 0 saturated heterocycles. The molecule has 512 valence electrons. The molecule has 0 heterocycles. The first-order chi connectivity index (χ1) is 48.7. The van der Waals surface area contributed by atoms with Crippen LogP contribution in [0.5, 0.6) is 0 Å². The Hall–Kier alpha value is -7.14. The summed E-state index contributed by atoms with van der Waals surface area (Å²) in [6, 6.07) is 70.5. The molecular weight excluding hydrogens is 1310 g/mol. The molecule has 14 rings (SSSR count). The van der Waals surface area contributed by atoms with Gasteiger partial charge in [0.2, 0.25) is 0 Å². The van der Waals surface area contributed by atoms with E-state index in [0.717, 1.165) is 56.9 Å². The van der Waals surface area contributed by atoms with E-state index in [9.17, 15) is 0 Å². The normalized spacial score (nSPS) is 17.8. The van der Waals surface area contributed by atoms with Gasteiger partial charge in [-0.3, -0.25) is 0 Å². The largest absolute Gasteiger partial charge is 0.355 e. The summed E-state index contributed by atoms with van der Waals surface area (Å²) in [7, 11) is 0. The average molecular weight is 1420 g/mol. The fraction of sp³-hybridized carbons (Fsp3) is 0.362. The monoisotopic (exact) mass is 1420 g/mol. The van der Waals surface area contributed by atoms with Crippen molar-refractivity contribution in [2.45, 2.75) is 220 Å². The van der Waals surface area contributed by atoms with Gasteiger partial charge in [-0.25, -0.2) is 0 Å². The van der Waals surface area contributed by atoms with Gasteiger partial charge in [0.05, 0.1) is 5.69 Å². The molecule has 4 aliphatic rings. The molecule has 10 aromatic carbocycles. The molecule has 0 spiro atoms. The number of fused-ring (bicyclic) bond motifs is 8. The lowest BCUT2D eigenvalue weighted by Crippen LogP contribution is -2.33. The minimum atomic E-state index is -2.13. The van der Waals surface area contributed by atoms with Crippen LogP contribution in [0.4, 0.5) is 28.4 Å². The summed E-state index contributed by atoms with van der Waals surface area (Å²) in [6.45, 7) is 38.1. The van der Waals surface area contributed by atoms with Crippen LogP contribution in [0.25, 0.3) is 44.5 Å². The van der Waals surface area contributed by atoms with Crippen LogP contribution in [0.1, 0.15) is 239 Å². The molecule has 0 saturated carbocycles. The fourth-order valence-corrected chi connectivity index (χ4v) is 17.3. The van der Waals surface area contributed by atoms with Crippen molar-refractivity contribution in [3.05, 3.63) is 275 Å². The van der Waals surface area contributed by atoms with Gasteiger partial charge < -0.3 is 10.2 Å². The lowest BCUT2D eigenvalue weighted by molar-refractivity contribution is 0.332. The van der Waals surface area contributed by atoms with Crippen LogP contribution >= 0.6 is 39.1 Å². The van der Waals surface area contributed by atoms with Gasteiger partial charge in [0, 0.05) is 67.4 Å². The summed E-state index contributed by atoms with van der Waals surface area (Å²) >= 11 is 15.9. The fourth-order valence-electron chi connectivity index (χ4n) is 16.1.